The van der Waals surface area contributed by atoms with Crippen molar-refractivity contribution in [3.63, 3.8) is 0 Å². The maximum Gasteiger partial charge on any atom is 0.326 e. The van der Waals surface area contributed by atoms with E-state index in [-0.39, 0.29) is 44.6 Å². The molecule has 13 N–H and O–H groups in total. The molecular weight excluding hydrogens is 512 g/mol. The van der Waals surface area contributed by atoms with Crippen molar-refractivity contribution in [3.8, 4) is 0 Å². The smallest absolute Gasteiger partial charge is 0.326 e. The molecule has 0 fully saturated rings. The second-order valence-electron chi connectivity index (χ2n) is 7.96. The van der Waals surface area contributed by atoms with E-state index >= 15 is 0 Å². The molecule has 4 atom stereocenters. The Morgan fingerprint density at radius 2 is 1.38 bits per heavy atom. The van der Waals surface area contributed by atoms with Crippen LogP contribution in [-0.2, 0) is 28.8 Å². The third-order valence-electron chi connectivity index (χ3n) is 4.85. The molecule has 0 aromatic heterocycles. The Morgan fingerprint density at radius 3 is 1.86 bits per heavy atom. The van der Waals surface area contributed by atoms with Crippen LogP contribution in [0.2, 0.25) is 0 Å². The van der Waals surface area contributed by atoms with E-state index in [9.17, 15) is 33.9 Å². The number of nitrogens with zero attached hydrogens (tertiary/aromatic N) is 1. The van der Waals surface area contributed by atoms with Gasteiger partial charge in [-0.25, -0.2) is 4.79 Å². The lowest BCUT2D eigenvalue weighted by atomic mass is 10.1. The highest BCUT2D eigenvalue weighted by Gasteiger charge is 2.30. The van der Waals surface area contributed by atoms with E-state index in [1.54, 1.807) is 6.26 Å². The summed E-state index contributed by atoms with van der Waals surface area (Å²) in [6.45, 7) is 0.102. The summed E-state index contributed by atoms with van der Waals surface area (Å²) in [7, 11) is 0. The number of carbonyl (C=O) groups is 6. The quantitative estimate of drug-likeness (QED) is 0.0429. The van der Waals surface area contributed by atoms with Gasteiger partial charge < -0.3 is 49.1 Å². The summed E-state index contributed by atoms with van der Waals surface area (Å²) in [5.74, 6) is -5.76. The van der Waals surface area contributed by atoms with Gasteiger partial charge in [0.05, 0.1) is 12.5 Å². The first kappa shape index (κ1) is 33.4. The van der Waals surface area contributed by atoms with Crippen LogP contribution in [0.4, 0.5) is 0 Å². The van der Waals surface area contributed by atoms with Crippen molar-refractivity contribution in [2.45, 2.75) is 62.7 Å². The zero-order chi connectivity index (χ0) is 28.5. The summed E-state index contributed by atoms with van der Waals surface area (Å²) in [5, 5.41) is 25.3. The number of carbonyl (C=O) groups excluding carboxylic acids is 4. The molecule has 17 heteroatoms. The summed E-state index contributed by atoms with van der Waals surface area (Å²) in [6.07, 6.45) is 0.831. The summed E-state index contributed by atoms with van der Waals surface area (Å²) < 4.78 is 0. The predicted molar refractivity (Wildman–Crippen MR) is 135 cm³/mol. The lowest BCUT2D eigenvalue weighted by Gasteiger charge is -2.25. The highest BCUT2D eigenvalue weighted by atomic mass is 32.2. The molecule has 4 amide bonds. The van der Waals surface area contributed by atoms with Crippen LogP contribution in [0, 0.1) is 0 Å². The van der Waals surface area contributed by atoms with Gasteiger partial charge in [0.25, 0.3) is 0 Å². The highest BCUT2D eigenvalue weighted by molar-refractivity contribution is 7.98. The molecule has 0 saturated heterocycles. The number of nitrogens with two attached hydrogens (primary N) is 4. The Balaban J connectivity index is 5.67. The molecule has 16 nitrogen and oxygen atoms in total. The van der Waals surface area contributed by atoms with Gasteiger partial charge >= 0.3 is 11.9 Å². The first-order valence-corrected chi connectivity index (χ1v) is 12.6. The number of amides is 4. The highest BCUT2D eigenvalue weighted by Crippen LogP contribution is 2.06. The zero-order valence-corrected chi connectivity index (χ0v) is 21.3. The van der Waals surface area contributed by atoms with Gasteiger partial charge in [0.15, 0.2) is 5.96 Å². The molecule has 4 unspecified atom stereocenters. The molecule has 37 heavy (non-hydrogen) atoms. The van der Waals surface area contributed by atoms with Gasteiger partial charge in [-0.1, -0.05) is 0 Å². The van der Waals surface area contributed by atoms with Crippen LogP contribution >= 0.6 is 11.8 Å². The average Bonchev–Trinajstić information content (AvgIpc) is 2.79. The van der Waals surface area contributed by atoms with Crippen molar-refractivity contribution in [2.75, 3.05) is 18.6 Å². The third kappa shape index (κ3) is 15.2. The lowest BCUT2D eigenvalue weighted by Crippen LogP contribution is -2.57. The molecule has 0 rings (SSSR count). The van der Waals surface area contributed by atoms with Gasteiger partial charge in [-0.3, -0.25) is 29.0 Å². The summed E-state index contributed by atoms with van der Waals surface area (Å²) in [4.78, 5) is 75.6. The van der Waals surface area contributed by atoms with Crippen molar-refractivity contribution in [1.82, 2.24) is 16.0 Å². The molecule has 0 spiro atoms. The van der Waals surface area contributed by atoms with Gasteiger partial charge in [-0.05, 0) is 37.7 Å². The number of rotatable bonds is 19. The fourth-order valence-electron chi connectivity index (χ4n) is 2.93. The van der Waals surface area contributed by atoms with Crippen LogP contribution in [-0.4, -0.2) is 94.5 Å². The number of aliphatic imine (C=N–C) groups is 1. The van der Waals surface area contributed by atoms with Gasteiger partial charge in [-0.15, -0.1) is 0 Å². The normalized spacial score (nSPS) is 13.8. The molecule has 0 bridgehead atoms. The number of thioether (sulfide) groups is 1. The van der Waals surface area contributed by atoms with Crippen molar-refractivity contribution >= 4 is 53.3 Å². The summed E-state index contributed by atoms with van der Waals surface area (Å²) in [5.41, 5.74) is 21.3. The van der Waals surface area contributed by atoms with Crippen LogP contribution in [0.1, 0.15) is 38.5 Å². The van der Waals surface area contributed by atoms with Crippen molar-refractivity contribution in [3.05, 3.63) is 0 Å². The average molecular weight is 549 g/mol. The standard InChI is InChI=1S/C20H36N8O8S/c1-37-8-6-13(19(35)36)28-18(34)12(4-5-14(22)29)27-17(33)11(3-2-7-25-20(23)24)26-16(32)10(21)9-15(30)31/h10-13H,2-9,21H2,1H3,(H2,22,29)(H,26,32)(H,27,33)(H,28,34)(H,30,31)(H,35,36)(H4,23,24,25). The number of hydrogen-bond donors (Lipinski definition) is 9. The fourth-order valence-corrected chi connectivity index (χ4v) is 3.40. The first-order chi connectivity index (χ1) is 17.3. The van der Waals surface area contributed by atoms with Crippen LogP contribution < -0.4 is 38.9 Å². The molecule has 0 aliphatic carbocycles. The third-order valence-corrected chi connectivity index (χ3v) is 5.49. The van der Waals surface area contributed by atoms with E-state index in [4.69, 9.17) is 28.0 Å². The lowest BCUT2D eigenvalue weighted by molar-refractivity contribution is -0.142. The number of carboxylic acid groups (broad SMARTS) is 2. The van der Waals surface area contributed by atoms with Crippen LogP contribution in [0.3, 0.4) is 0 Å². The summed E-state index contributed by atoms with van der Waals surface area (Å²) in [6, 6.07) is -5.33. The van der Waals surface area contributed by atoms with E-state index in [2.05, 4.69) is 20.9 Å². The van der Waals surface area contributed by atoms with Crippen LogP contribution in [0.25, 0.3) is 0 Å². The van der Waals surface area contributed by atoms with Crippen LogP contribution in [0.15, 0.2) is 4.99 Å². The number of hydrogen-bond acceptors (Lipinski definition) is 9. The van der Waals surface area contributed by atoms with Gasteiger partial charge in [0.2, 0.25) is 23.6 Å². The first-order valence-electron chi connectivity index (χ1n) is 11.2. The van der Waals surface area contributed by atoms with Crippen molar-refractivity contribution < 1.29 is 39.0 Å². The van der Waals surface area contributed by atoms with Crippen molar-refractivity contribution in [1.29, 1.82) is 0 Å². The molecule has 0 aliphatic rings. The minimum atomic E-state index is -1.45. The summed E-state index contributed by atoms with van der Waals surface area (Å²) >= 11 is 1.38. The number of primary amides is 1. The Kier molecular flexibility index (Phi) is 16.0. The Labute approximate surface area is 217 Å². The number of aliphatic carboxylic acids is 2. The molecule has 0 aromatic carbocycles. The molecule has 0 saturated carbocycles. The van der Waals surface area contributed by atoms with Crippen LogP contribution in [0.5, 0.6) is 0 Å². The molecule has 210 valence electrons. The second kappa shape index (κ2) is 17.8. The number of carboxylic acids is 2. The number of nitrogens with one attached hydrogen (secondary N) is 3. The van der Waals surface area contributed by atoms with E-state index in [0.29, 0.717) is 5.75 Å². The van der Waals surface area contributed by atoms with Gasteiger partial charge in [0, 0.05) is 13.0 Å². The minimum absolute atomic E-state index is 0.0240. The Bertz CT molecular complexity index is 852. The van der Waals surface area contributed by atoms with E-state index < -0.39 is 66.2 Å². The second-order valence-corrected chi connectivity index (χ2v) is 8.95. The van der Waals surface area contributed by atoms with Crippen molar-refractivity contribution in [2.24, 2.45) is 27.9 Å². The van der Waals surface area contributed by atoms with E-state index in [1.165, 1.54) is 11.8 Å². The van der Waals surface area contributed by atoms with Gasteiger partial charge in [-0.2, -0.15) is 11.8 Å². The molecule has 0 radical (unpaired) electrons. The largest absolute Gasteiger partial charge is 0.481 e. The van der Waals surface area contributed by atoms with E-state index in [0.717, 1.165) is 0 Å². The Hall–Kier alpha value is -3.60. The fraction of sp³-hybridized carbons (Fsp3) is 0.650. The maximum atomic E-state index is 13.0. The topological polar surface area (TPSA) is 295 Å². The molecule has 0 aliphatic heterocycles. The molecular formula is C20H36N8O8S. The zero-order valence-electron chi connectivity index (χ0n) is 20.5. The SMILES string of the molecule is CSCCC(NC(=O)C(CCC(N)=O)NC(=O)C(CCCN=C(N)N)NC(=O)C(N)CC(=O)O)C(=O)O. The minimum Gasteiger partial charge on any atom is -0.481 e. The molecule has 0 aromatic rings. The predicted octanol–water partition coefficient (Wildman–Crippen LogP) is -3.60. The van der Waals surface area contributed by atoms with E-state index in [1.807, 2.05) is 0 Å². The Morgan fingerprint density at radius 1 is 0.838 bits per heavy atom. The monoisotopic (exact) mass is 548 g/mol. The number of guanidine groups is 1. The molecule has 0 heterocycles. The van der Waals surface area contributed by atoms with Gasteiger partial charge in [0.1, 0.15) is 18.1 Å². The maximum absolute atomic E-state index is 13.0.